The van der Waals surface area contributed by atoms with Crippen LogP contribution in [0.5, 0.6) is 0 Å². The van der Waals surface area contributed by atoms with Crippen molar-refractivity contribution >= 4 is 68.9 Å². The minimum Gasteiger partial charge on any atom is -0.386 e. The Morgan fingerprint density at radius 1 is 1.10 bits per heavy atom. The number of aliphatic hydroxyl groups excluding tert-OH is 1. The van der Waals surface area contributed by atoms with Gasteiger partial charge in [-0.2, -0.15) is 0 Å². The van der Waals surface area contributed by atoms with Gasteiger partial charge in [-0.15, -0.1) is 35.3 Å². The molecular formula is C21H24ClIN4O2S. The first kappa shape index (κ1) is 24.4. The molecule has 6 nitrogen and oxygen atoms in total. The predicted octanol–water partition coefficient (Wildman–Crippen LogP) is 3.80. The fraction of sp³-hybridized carbons (Fsp3) is 0.238. The highest BCUT2D eigenvalue weighted by Gasteiger charge is 2.12. The second kappa shape index (κ2) is 12.1. The Hall–Kier alpha value is -1.88. The molecule has 0 aliphatic carbocycles. The lowest BCUT2D eigenvalue weighted by molar-refractivity contribution is 0.0954. The van der Waals surface area contributed by atoms with Gasteiger partial charge in [-0.3, -0.25) is 9.79 Å². The third kappa shape index (κ3) is 6.56. The zero-order chi connectivity index (χ0) is 20.6. The van der Waals surface area contributed by atoms with Crippen LogP contribution in [0, 0.1) is 0 Å². The van der Waals surface area contributed by atoms with E-state index in [4.69, 9.17) is 11.6 Å². The lowest BCUT2D eigenvalue weighted by Crippen LogP contribution is -2.42. The molecule has 30 heavy (non-hydrogen) atoms. The number of guanidine groups is 1. The van der Waals surface area contributed by atoms with Crippen molar-refractivity contribution in [2.75, 3.05) is 26.7 Å². The van der Waals surface area contributed by atoms with E-state index in [9.17, 15) is 9.90 Å². The molecule has 0 saturated carbocycles. The van der Waals surface area contributed by atoms with E-state index in [-0.39, 0.29) is 29.9 Å². The molecule has 160 valence electrons. The Morgan fingerprint density at radius 3 is 2.53 bits per heavy atom. The van der Waals surface area contributed by atoms with Gasteiger partial charge in [0.2, 0.25) is 0 Å². The Morgan fingerprint density at radius 2 is 1.80 bits per heavy atom. The average Bonchev–Trinajstić information content (AvgIpc) is 3.17. The van der Waals surface area contributed by atoms with Crippen molar-refractivity contribution in [3.63, 3.8) is 0 Å². The van der Waals surface area contributed by atoms with E-state index in [0.29, 0.717) is 36.2 Å². The lowest BCUT2D eigenvalue weighted by Gasteiger charge is -2.15. The van der Waals surface area contributed by atoms with E-state index < -0.39 is 6.10 Å². The predicted molar refractivity (Wildman–Crippen MR) is 135 cm³/mol. The first-order valence-corrected chi connectivity index (χ1v) is 10.4. The number of hydrogen-bond acceptors (Lipinski definition) is 4. The van der Waals surface area contributed by atoms with Crippen LogP contribution in [-0.2, 0) is 0 Å². The van der Waals surface area contributed by atoms with Crippen LogP contribution >= 0.6 is 46.9 Å². The maximum absolute atomic E-state index is 12.1. The summed E-state index contributed by atoms with van der Waals surface area (Å²) in [6.07, 6.45) is -0.633. The van der Waals surface area contributed by atoms with Crippen molar-refractivity contribution in [3.05, 3.63) is 70.1 Å². The van der Waals surface area contributed by atoms with Gasteiger partial charge in [0.25, 0.3) is 5.91 Å². The minimum atomic E-state index is -0.633. The number of fused-ring (bicyclic) bond motifs is 1. The number of thiophene rings is 1. The maximum Gasteiger partial charge on any atom is 0.252 e. The molecule has 0 fully saturated rings. The fourth-order valence-corrected chi connectivity index (χ4v) is 4.05. The van der Waals surface area contributed by atoms with Crippen molar-refractivity contribution in [2.45, 2.75) is 6.10 Å². The quantitative estimate of drug-likeness (QED) is 0.154. The molecule has 1 atom stereocenters. The molecule has 1 aromatic heterocycles. The average molecular weight is 559 g/mol. The number of amides is 1. The highest BCUT2D eigenvalue weighted by atomic mass is 127. The number of hydrogen-bond donors (Lipinski definition) is 4. The Kier molecular flexibility index (Phi) is 9.83. The number of nitrogens with zero attached hydrogens (tertiary/aromatic N) is 1. The third-order valence-electron chi connectivity index (χ3n) is 4.28. The molecule has 0 radical (unpaired) electrons. The number of benzene rings is 2. The summed E-state index contributed by atoms with van der Waals surface area (Å²) in [5.41, 5.74) is 0.447. The molecule has 0 spiro atoms. The minimum absolute atomic E-state index is 0. The normalized spacial score (nSPS) is 12.2. The van der Waals surface area contributed by atoms with E-state index in [2.05, 4.69) is 20.9 Å². The van der Waals surface area contributed by atoms with Gasteiger partial charge in [0.15, 0.2) is 5.96 Å². The summed E-state index contributed by atoms with van der Waals surface area (Å²) in [5, 5.41) is 21.0. The topological polar surface area (TPSA) is 85.8 Å². The smallest absolute Gasteiger partial charge is 0.252 e. The first-order chi connectivity index (χ1) is 14.1. The highest BCUT2D eigenvalue weighted by molar-refractivity contribution is 14.0. The highest BCUT2D eigenvalue weighted by Crippen LogP contribution is 2.29. The standard InChI is InChI=1S/C21H23ClN4O2S.HI/c1-23-21(25-11-10-24-20(28)15-7-3-4-8-16(15)22)26-13-17(27)19-12-14-6-2-5-9-18(14)29-19;/h2-9,12,17,27H,10-11,13H2,1H3,(H,24,28)(H2,23,25,26);1H. The Bertz CT molecular complexity index is 978. The van der Waals surface area contributed by atoms with Crippen LogP contribution in [0.1, 0.15) is 21.3 Å². The SMILES string of the molecule is CN=C(NCCNC(=O)c1ccccc1Cl)NCC(O)c1cc2ccccc2s1.I. The first-order valence-electron chi connectivity index (χ1n) is 9.22. The molecule has 0 bridgehead atoms. The van der Waals surface area contributed by atoms with Crippen LogP contribution < -0.4 is 16.0 Å². The molecule has 2 aromatic carbocycles. The van der Waals surface area contributed by atoms with Gasteiger partial charge < -0.3 is 21.1 Å². The molecule has 0 aliphatic rings. The molecule has 3 aromatic rings. The Labute approximate surface area is 201 Å². The summed E-state index contributed by atoms with van der Waals surface area (Å²) in [5.74, 6) is 0.331. The second-order valence-corrected chi connectivity index (χ2v) is 7.84. The number of carbonyl (C=O) groups is 1. The summed E-state index contributed by atoms with van der Waals surface area (Å²) < 4.78 is 1.15. The van der Waals surface area contributed by atoms with Gasteiger partial charge in [-0.25, -0.2) is 0 Å². The number of aliphatic imine (C=N–C) groups is 1. The van der Waals surface area contributed by atoms with Crippen LogP contribution in [0.4, 0.5) is 0 Å². The fourth-order valence-electron chi connectivity index (χ4n) is 2.78. The molecule has 0 saturated heterocycles. The van der Waals surface area contributed by atoms with E-state index in [1.165, 1.54) is 0 Å². The van der Waals surface area contributed by atoms with Crippen molar-refractivity contribution in [1.82, 2.24) is 16.0 Å². The summed E-state index contributed by atoms with van der Waals surface area (Å²) in [6.45, 7) is 1.22. The van der Waals surface area contributed by atoms with Gasteiger partial charge >= 0.3 is 0 Å². The molecule has 1 amide bonds. The summed E-state index contributed by atoms with van der Waals surface area (Å²) in [6, 6.07) is 17.0. The van der Waals surface area contributed by atoms with Gasteiger partial charge in [0.05, 0.1) is 10.6 Å². The zero-order valence-corrected chi connectivity index (χ0v) is 20.3. The summed E-state index contributed by atoms with van der Waals surface area (Å²) in [7, 11) is 1.66. The number of nitrogens with one attached hydrogen (secondary N) is 3. The lowest BCUT2D eigenvalue weighted by atomic mass is 10.2. The molecule has 3 rings (SSSR count). The largest absolute Gasteiger partial charge is 0.386 e. The molecule has 0 aliphatic heterocycles. The number of rotatable bonds is 7. The van der Waals surface area contributed by atoms with Crippen LogP contribution in [0.15, 0.2) is 59.6 Å². The zero-order valence-electron chi connectivity index (χ0n) is 16.4. The second-order valence-electron chi connectivity index (χ2n) is 6.32. The molecular weight excluding hydrogens is 535 g/mol. The van der Waals surface area contributed by atoms with E-state index >= 15 is 0 Å². The summed E-state index contributed by atoms with van der Waals surface area (Å²) in [4.78, 5) is 17.2. The van der Waals surface area contributed by atoms with Gasteiger partial charge in [0, 0.05) is 36.3 Å². The molecule has 4 N–H and O–H groups in total. The van der Waals surface area contributed by atoms with E-state index in [1.54, 1.807) is 42.6 Å². The third-order valence-corrected chi connectivity index (χ3v) is 5.83. The van der Waals surface area contributed by atoms with Gasteiger partial charge in [-0.1, -0.05) is 41.9 Å². The van der Waals surface area contributed by atoms with Crippen LogP contribution in [0.25, 0.3) is 10.1 Å². The van der Waals surface area contributed by atoms with E-state index in [1.807, 2.05) is 30.3 Å². The van der Waals surface area contributed by atoms with Crippen LogP contribution in [0.2, 0.25) is 5.02 Å². The van der Waals surface area contributed by atoms with Crippen LogP contribution in [-0.4, -0.2) is 43.7 Å². The number of halogens is 2. The molecule has 1 unspecified atom stereocenters. The van der Waals surface area contributed by atoms with Crippen LogP contribution in [0.3, 0.4) is 0 Å². The van der Waals surface area contributed by atoms with Gasteiger partial charge in [-0.05, 0) is 29.7 Å². The molecule has 1 heterocycles. The van der Waals surface area contributed by atoms with Crippen molar-refractivity contribution in [1.29, 1.82) is 0 Å². The van der Waals surface area contributed by atoms with Crippen molar-refractivity contribution in [2.24, 2.45) is 4.99 Å². The maximum atomic E-state index is 12.1. The van der Waals surface area contributed by atoms with E-state index in [0.717, 1.165) is 15.0 Å². The number of carbonyl (C=O) groups excluding carboxylic acids is 1. The number of aliphatic hydroxyl groups is 1. The Balaban J connectivity index is 0.00000320. The van der Waals surface area contributed by atoms with Gasteiger partial charge in [0.1, 0.15) is 6.10 Å². The van der Waals surface area contributed by atoms with Crippen molar-refractivity contribution in [3.8, 4) is 0 Å². The monoisotopic (exact) mass is 558 g/mol. The van der Waals surface area contributed by atoms with Crippen molar-refractivity contribution < 1.29 is 9.90 Å². The summed E-state index contributed by atoms with van der Waals surface area (Å²) >= 11 is 7.60. The molecule has 9 heteroatoms.